The Balaban J connectivity index is 1.85. The molecule has 0 saturated carbocycles. The number of anilines is 1. The van der Waals surface area contributed by atoms with Crippen LogP contribution in [-0.2, 0) is 4.79 Å². The number of hydrazone groups is 2. The first-order valence-electron chi connectivity index (χ1n) is 7.45. The monoisotopic (exact) mass is 356 g/mol. The highest BCUT2D eigenvalue weighted by Gasteiger charge is 2.39. The van der Waals surface area contributed by atoms with Crippen molar-refractivity contribution in [1.29, 1.82) is 0 Å². The SMILES string of the molecule is NN/C(SC1C(=O)N(c2ccccc2)N=C1N)=[N+](\N)c1ccccc1. The molecule has 3 rings (SSSR count). The van der Waals surface area contributed by atoms with Crippen molar-refractivity contribution in [3.05, 3.63) is 60.7 Å². The first kappa shape index (κ1) is 16.8. The number of hydrazine groups is 2. The minimum Gasteiger partial charge on any atom is -0.384 e. The minimum absolute atomic E-state index is 0.188. The molecule has 1 atom stereocenters. The minimum atomic E-state index is -0.721. The molecular formula is C16H18N7OS+. The number of carbonyl (C=O) groups is 1. The van der Waals surface area contributed by atoms with Crippen molar-refractivity contribution in [2.75, 3.05) is 5.01 Å². The van der Waals surface area contributed by atoms with Crippen molar-refractivity contribution < 1.29 is 9.48 Å². The molecule has 0 aliphatic carbocycles. The third kappa shape index (κ3) is 3.42. The maximum absolute atomic E-state index is 12.7. The van der Waals surface area contributed by atoms with Crippen LogP contribution in [0.2, 0.25) is 0 Å². The van der Waals surface area contributed by atoms with Crippen LogP contribution in [0.3, 0.4) is 0 Å². The molecule has 8 nitrogen and oxygen atoms in total. The molecule has 1 amide bonds. The molecule has 1 unspecified atom stereocenters. The largest absolute Gasteiger partial charge is 0.384 e. The topological polar surface area (TPSA) is 126 Å². The summed E-state index contributed by atoms with van der Waals surface area (Å²) in [5, 5.41) is 5.09. The van der Waals surface area contributed by atoms with Gasteiger partial charge in [0.1, 0.15) is 5.84 Å². The van der Waals surface area contributed by atoms with Crippen LogP contribution in [0.5, 0.6) is 0 Å². The van der Waals surface area contributed by atoms with E-state index >= 15 is 0 Å². The average molecular weight is 356 g/mol. The summed E-state index contributed by atoms with van der Waals surface area (Å²) in [4.78, 5) is 12.7. The Morgan fingerprint density at radius 1 is 1.12 bits per heavy atom. The van der Waals surface area contributed by atoms with E-state index in [4.69, 9.17) is 17.4 Å². The van der Waals surface area contributed by atoms with Crippen LogP contribution in [0.15, 0.2) is 65.8 Å². The summed E-state index contributed by atoms with van der Waals surface area (Å²) in [6, 6.07) is 18.3. The van der Waals surface area contributed by atoms with Gasteiger partial charge in [-0.05, 0) is 36.0 Å². The highest BCUT2D eigenvalue weighted by Crippen LogP contribution is 2.26. The van der Waals surface area contributed by atoms with E-state index in [1.54, 1.807) is 12.1 Å². The summed E-state index contributed by atoms with van der Waals surface area (Å²) in [6.07, 6.45) is 0. The lowest BCUT2D eigenvalue weighted by Gasteiger charge is -2.13. The second-order valence-electron chi connectivity index (χ2n) is 5.16. The predicted molar refractivity (Wildman–Crippen MR) is 99.8 cm³/mol. The van der Waals surface area contributed by atoms with Crippen LogP contribution in [0, 0.1) is 0 Å². The summed E-state index contributed by atoms with van der Waals surface area (Å²) in [6.45, 7) is 0. The van der Waals surface area contributed by atoms with Crippen LogP contribution in [0.4, 0.5) is 11.4 Å². The predicted octanol–water partition coefficient (Wildman–Crippen LogP) is 0.444. The van der Waals surface area contributed by atoms with Gasteiger partial charge in [-0.2, -0.15) is 21.4 Å². The van der Waals surface area contributed by atoms with Crippen LogP contribution in [0.25, 0.3) is 0 Å². The van der Waals surface area contributed by atoms with Gasteiger partial charge < -0.3 is 5.73 Å². The second kappa shape index (κ2) is 7.24. The number of nitrogens with one attached hydrogen (secondary N) is 1. The van der Waals surface area contributed by atoms with E-state index in [1.807, 2.05) is 48.5 Å². The fourth-order valence-electron chi connectivity index (χ4n) is 2.30. The molecule has 0 radical (unpaired) electrons. The Hall–Kier alpha value is -3.04. The molecule has 7 N–H and O–H groups in total. The van der Waals surface area contributed by atoms with Gasteiger partial charge in [0.25, 0.3) is 5.91 Å². The maximum Gasteiger partial charge on any atom is 0.354 e. The van der Waals surface area contributed by atoms with E-state index in [-0.39, 0.29) is 11.7 Å². The lowest BCUT2D eigenvalue weighted by Crippen LogP contribution is -2.42. The molecule has 2 aromatic carbocycles. The van der Waals surface area contributed by atoms with Gasteiger partial charge in [-0.25, -0.2) is 0 Å². The standard InChI is InChI=1S/C16H17N7OS/c17-14-13(15(24)23(21-14)12-9-5-2-6-10-12)25-16(20-18)22(19)11-7-3-1-4-8-11/h1-10,13H,18-19H2,(H2,17,21)/p+1. The Morgan fingerprint density at radius 2 is 1.72 bits per heavy atom. The highest BCUT2D eigenvalue weighted by atomic mass is 32.2. The van der Waals surface area contributed by atoms with Crippen molar-refractivity contribution in [1.82, 2.24) is 5.43 Å². The lowest BCUT2D eigenvalue weighted by molar-refractivity contribution is -0.451. The molecule has 9 heteroatoms. The van der Waals surface area contributed by atoms with Gasteiger partial charge >= 0.3 is 5.17 Å². The maximum atomic E-state index is 12.7. The van der Waals surface area contributed by atoms with Crippen LogP contribution in [-0.4, -0.2) is 26.8 Å². The molecule has 1 heterocycles. The number of hydrogen-bond acceptors (Lipinski definition) is 6. The average Bonchev–Trinajstić information content (AvgIpc) is 2.94. The Kier molecular flexibility index (Phi) is 4.87. The molecule has 1 aliphatic rings. The third-order valence-corrected chi connectivity index (χ3v) is 4.74. The summed E-state index contributed by atoms with van der Waals surface area (Å²) >= 11 is 1.10. The summed E-state index contributed by atoms with van der Waals surface area (Å²) in [5.41, 5.74) is 9.85. The first-order valence-corrected chi connectivity index (χ1v) is 8.33. The number of amidine groups is 2. The zero-order valence-corrected chi connectivity index (χ0v) is 14.1. The molecule has 0 bridgehead atoms. The van der Waals surface area contributed by atoms with E-state index in [0.717, 1.165) is 11.8 Å². The van der Waals surface area contributed by atoms with Crippen molar-refractivity contribution in [3.8, 4) is 0 Å². The zero-order chi connectivity index (χ0) is 17.8. The number of nitrogens with two attached hydrogens (primary N) is 3. The van der Waals surface area contributed by atoms with Crippen molar-refractivity contribution in [3.63, 3.8) is 0 Å². The van der Waals surface area contributed by atoms with Gasteiger partial charge in [-0.15, -0.1) is 4.68 Å². The van der Waals surface area contributed by atoms with Crippen molar-refractivity contribution >= 4 is 40.0 Å². The number of para-hydroxylation sites is 2. The van der Waals surface area contributed by atoms with Crippen LogP contribution in [0.1, 0.15) is 0 Å². The lowest BCUT2D eigenvalue weighted by atomic mass is 10.3. The summed E-state index contributed by atoms with van der Waals surface area (Å²) < 4.78 is 1.36. The molecule has 2 aromatic rings. The molecule has 0 saturated heterocycles. The van der Waals surface area contributed by atoms with Crippen molar-refractivity contribution in [2.24, 2.45) is 22.5 Å². The quantitative estimate of drug-likeness (QED) is 0.208. The molecule has 1 aliphatic heterocycles. The smallest absolute Gasteiger partial charge is 0.354 e. The Morgan fingerprint density at radius 3 is 2.32 bits per heavy atom. The summed E-state index contributed by atoms with van der Waals surface area (Å²) in [7, 11) is 0. The normalized spacial score (nSPS) is 18.0. The van der Waals surface area contributed by atoms with Gasteiger partial charge in [0.15, 0.2) is 10.9 Å². The number of hydrogen-bond donors (Lipinski definition) is 4. The molecule has 25 heavy (non-hydrogen) atoms. The molecular weight excluding hydrogens is 338 g/mol. The van der Waals surface area contributed by atoms with E-state index in [0.29, 0.717) is 16.5 Å². The molecule has 0 fully saturated rings. The third-order valence-electron chi connectivity index (χ3n) is 3.52. The van der Waals surface area contributed by atoms with Gasteiger partial charge in [0.05, 0.1) is 5.69 Å². The van der Waals surface area contributed by atoms with Gasteiger partial charge in [0.2, 0.25) is 0 Å². The van der Waals surface area contributed by atoms with Gasteiger partial charge in [0, 0.05) is 0 Å². The fraction of sp³-hybridized carbons (Fsp3) is 0.0625. The molecule has 128 valence electrons. The van der Waals surface area contributed by atoms with Crippen LogP contribution >= 0.6 is 11.8 Å². The van der Waals surface area contributed by atoms with E-state index in [9.17, 15) is 4.79 Å². The van der Waals surface area contributed by atoms with Gasteiger partial charge in [-0.3, -0.25) is 10.6 Å². The highest BCUT2D eigenvalue weighted by molar-refractivity contribution is 8.15. The Bertz CT molecular complexity index is 823. The Labute approximate surface area is 148 Å². The first-order chi connectivity index (χ1) is 12.1. The molecule has 0 spiro atoms. The van der Waals surface area contributed by atoms with Crippen molar-refractivity contribution in [2.45, 2.75) is 5.25 Å². The summed E-state index contributed by atoms with van der Waals surface area (Å²) in [5.74, 6) is 11.6. The molecule has 0 aromatic heterocycles. The fourth-order valence-corrected chi connectivity index (χ4v) is 3.18. The number of nitrogens with zero attached hydrogens (tertiary/aromatic N) is 3. The van der Waals surface area contributed by atoms with E-state index < -0.39 is 5.25 Å². The number of thioether (sulfide) groups is 1. The van der Waals surface area contributed by atoms with E-state index in [1.165, 1.54) is 9.69 Å². The number of rotatable bonds is 3. The second-order valence-corrected chi connectivity index (χ2v) is 6.26. The van der Waals surface area contributed by atoms with Crippen LogP contribution < -0.4 is 27.9 Å². The van der Waals surface area contributed by atoms with Gasteiger partial charge in [-0.1, -0.05) is 36.4 Å². The number of carbonyl (C=O) groups excluding carboxylic acids is 1. The zero-order valence-electron chi connectivity index (χ0n) is 13.2. The number of amides is 1. The number of benzene rings is 2. The van der Waals surface area contributed by atoms with E-state index in [2.05, 4.69) is 10.5 Å².